The zero-order valence-electron chi connectivity index (χ0n) is 18.9. The molecule has 1 spiro atoms. The Morgan fingerprint density at radius 3 is 2.35 bits per heavy atom. The molecule has 3 heterocycles. The quantitative estimate of drug-likeness (QED) is 0.689. The maximum atomic E-state index is 12.7. The minimum Gasteiger partial charge on any atom is -0.497 e. The Labute approximate surface area is 185 Å². The van der Waals surface area contributed by atoms with Crippen molar-refractivity contribution in [2.45, 2.75) is 44.2 Å². The molecule has 3 aliphatic heterocycles. The molecule has 1 aromatic rings. The molecule has 172 valence electrons. The predicted octanol–water partition coefficient (Wildman–Crippen LogP) is 2.71. The number of morpholine rings is 1. The van der Waals surface area contributed by atoms with E-state index in [-0.39, 0.29) is 11.5 Å². The van der Waals surface area contributed by atoms with Gasteiger partial charge in [-0.25, -0.2) is 0 Å². The minimum absolute atomic E-state index is 0.0588. The Hall–Kier alpha value is -1.83. The van der Waals surface area contributed by atoms with E-state index in [2.05, 4.69) is 17.0 Å². The van der Waals surface area contributed by atoms with E-state index in [9.17, 15) is 4.79 Å². The first-order valence-corrected chi connectivity index (χ1v) is 11.5. The lowest BCUT2D eigenvalue weighted by molar-refractivity contribution is -0.145. The molecule has 4 rings (SSSR count). The molecule has 0 N–H and O–H groups in total. The Morgan fingerprint density at radius 2 is 1.71 bits per heavy atom. The summed E-state index contributed by atoms with van der Waals surface area (Å²) < 4.78 is 22.5. The normalized spacial score (nSPS) is 24.2. The summed E-state index contributed by atoms with van der Waals surface area (Å²) >= 11 is 0. The van der Waals surface area contributed by atoms with Crippen LogP contribution in [0.1, 0.15) is 37.7 Å². The maximum absolute atomic E-state index is 12.7. The largest absolute Gasteiger partial charge is 0.497 e. The summed E-state index contributed by atoms with van der Waals surface area (Å²) in [5.74, 6) is 2.37. The van der Waals surface area contributed by atoms with Crippen LogP contribution in [0.15, 0.2) is 18.2 Å². The number of benzene rings is 1. The fourth-order valence-corrected chi connectivity index (χ4v) is 5.18. The summed E-state index contributed by atoms with van der Waals surface area (Å²) in [6.07, 6.45) is 4.69. The van der Waals surface area contributed by atoms with Crippen LogP contribution in [-0.2, 0) is 20.8 Å². The number of nitrogens with zero attached hydrogens (tertiary/aromatic N) is 2. The molecule has 7 heteroatoms. The molecule has 3 fully saturated rings. The minimum atomic E-state index is -0.0588. The number of rotatable bonds is 6. The van der Waals surface area contributed by atoms with Gasteiger partial charge in [-0.3, -0.25) is 9.69 Å². The predicted molar refractivity (Wildman–Crippen MR) is 117 cm³/mol. The van der Waals surface area contributed by atoms with Gasteiger partial charge in [0, 0.05) is 51.8 Å². The first-order valence-electron chi connectivity index (χ1n) is 11.5. The number of hydrogen-bond acceptors (Lipinski definition) is 6. The first-order chi connectivity index (χ1) is 15.1. The molecule has 31 heavy (non-hydrogen) atoms. The van der Waals surface area contributed by atoms with Crippen LogP contribution in [0, 0.1) is 5.92 Å². The van der Waals surface area contributed by atoms with Gasteiger partial charge >= 0.3 is 0 Å². The zero-order valence-corrected chi connectivity index (χ0v) is 18.9. The number of amides is 1. The summed E-state index contributed by atoms with van der Waals surface area (Å²) in [7, 11) is 3.37. The Bertz CT molecular complexity index is 719. The average molecular weight is 433 g/mol. The molecule has 0 radical (unpaired) electrons. The molecular formula is C24H36N2O5. The van der Waals surface area contributed by atoms with Crippen LogP contribution in [0.25, 0.3) is 0 Å². The standard InChI is InChI=1S/C24H36N2O5/c1-28-21-13-20(14-22(16-21)29-2)18-25-6-4-24(5-7-25)17-19(3-10-31-24)15-23(27)26-8-11-30-12-9-26/h13-14,16,19H,3-12,15,17-18H2,1-2H3. The molecule has 7 nitrogen and oxygen atoms in total. The van der Waals surface area contributed by atoms with E-state index in [4.69, 9.17) is 18.9 Å². The van der Waals surface area contributed by atoms with Gasteiger partial charge in [0.1, 0.15) is 11.5 Å². The molecule has 3 saturated heterocycles. The molecule has 1 amide bonds. The molecule has 1 unspecified atom stereocenters. The molecule has 1 atom stereocenters. The highest BCUT2D eigenvalue weighted by Gasteiger charge is 2.41. The van der Waals surface area contributed by atoms with Crippen LogP contribution >= 0.6 is 0 Å². The first kappa shape index (κ1) is 22.4. The van der Waals surface area contributed by atoms with Crippen molar-refractivity contribution in [3.8, 4) is 11.5 Å². The fraction of sp³-hybridized carbons (Fsp3) is 0.708. The lowest BCUT2D eigenvalue weighted by atomic mass is 9.78. The smallest absolute Gasteiger partial charge is 0.223 e. The summed E-state index contributed by atoms with van der Waals surface area (Å²) in [6, 6.07) is 6.07. The van der Waals surface area contributed by atoms with E-state index in [1.165, 1.54) is 5.56 Å². The molecule has 0 bridgehead atoms. The number of carbonyl (C=O) groups excluding carboxylic acids is 1. The lowest BCUT2D eigenvalue weighted by Gasteiger charge is -2.46. The van der Waals surface area contributed by atoms with Gasteiger partial charge in [-0.1, -0.05) is 0 Å². The second-order valence-electron chi connectivity index (χ2n) is 9.08. The monoisotopic (exact) mass is 432 g/mol. The van der Waals surface area contributed by atoms with Gasteiger partial charge in [0.25, 0.3) is 0 Å². The Morgan fingerprint density at radius 1 is 1.03 bits per heavy atom. The maximum Gasteiger partial charge on any atom is 0.223 e. The highest BCUT2D eigenvalue weighted by molar-refractivity contribution is 5.76. The number of piperidine rings is 1. The van der Waals surface area contributed by atoms with Crippen LogP contribution in [-0.4, -0.2) is 81.5 Å². The number of hydrogen-bond donors (Lipinski definition) is 0. The van der Waals surface area contributed by atoms with Crippen molar-refractivity contribution >= 4 is 5.91 Å². The van der Waals surface area contributed by atoms with E-state index in [0.29, 0.717) is 25.6 Å². The SMILES string of the molecule is COc1cc(CN2CCC3(CC2)CC(CC(=O)N2CCOCC2)CCO3)cc(OC)c1. The van der Waals surface area contributed by atoms with Crippen molar-refractivity contribution in [2.24, 2.45) is 5.92 Å². The van der Waals surface area contributed by atoms with Crippen LogP contribution in [0.5, 0.6) is 11.5 Å². The highest BCUT2D eigenvalue weighted by atomic mass is 16.5. The van der Waals surface area contributed by atoms with Crippen molar-refractivity contribution in [1.29, 1.82) is 0 Å². The van der Waals surface area contributed by atoms with Crippen molar-refractivity contribution in [2.75, 3.05) is 60.2 Å². The summed E-state index contributed by atoms with van der Waals surface area (Å²) in [4.78, 5) is 17.1. The van der Waals surface area contributed by atoms with Crippen LogP contribution in [0.4, 0.5) is 0 Å². The van der Waals surface area contributed by atoms with Gasteiger partial charge in [0.05, 0.1) is 33.0 Å². The van der Waals surface area contributed by atoms with Gasteiger partial charge in [0.15, 0.2) is 0 Å². The second-order valence-corrected chi connectivity index (χ2v) is 9.08. The van der Waals surface area contributed by atoms with Crippen molar-refractivity contribution in [3.05, 3.63) is 23.8 Å². The van der Waals surface area contributed by atoms with Gasteiger partial charge in [-0.2, -0.15) is 0 Å². The van der Waals surface area contributed by atoms with E-state index in [1.807, 2.05) is 11.0 Å². The van der Waals surface area contributed by atoms with E-state index in [1.54, 1.807) is 14.2 Å². The average Bonchev–Trinajstić information content (AvgIpc) is 2.81. The fourth-order valence-electron chi connectivity index (χ4n) is 5.18. The lowest BCUT2D eigenvalue weighted by Crippen LogP contribution is -2.50. The third-order valence-electron chi connectivity index (χ3n) is 7.01. The number of methoxy groups -OCH3 is 2. The third kappa shape index (κ3) is 5.70. The van der Waals surface area contributed by atoms with Gasteiger partial charge in [-0.15, -0.1) is 0 Å². The van der Waals surface area contributed by atoms with Crippen LogP contribution in [0.2, 0.25) is 0 Å². The van der Waals surface area contributed by atoms with Gasteiger partial charge < -0.3 is 23.8 Å². The van der Waals surface area contributed by atoms with Crippen molar-refractivity contribution in [3.63, 3.8) is 0 Å². The molecule has 3 aliphatic rings. The van der Waals surface area contributed by atoms with Gasteiger partial charge in [0.2, 0.25) is 5.91 Å². The zero-order chi connectivity index (χ0) is 21.7. The number of likely N-dealkylation sites (tertiary alicyclic amines) is 1. The third-order valence-corrected chi connectivity index (χ3v) is 7.01. The number of carbonyl (C=O) groups is 1. The topological polar surface area (TPSA) is 60.5 Å². The van der Waals surface area contributed by atoms with E-state index >= 15 is 0 Å². The summed E-state index contributed by atoms with van der Waals surface area (Å²) in [5.41, 5.74) is 1.14. The Balaban J connectivity index is 1.29. The molecular weight excluding hydrogens is 396 g/mol. The molecule has 0 saturated carbocycles. The molecule has 0 aliphatic carbocycles. The highest BCUT2D eigenvalue weighted by Crippen LogP contribution is 2.39. The van der Waals surface area contributed by atoms with Crippen LogP contribution < -0.4 is 9.47 Å². The van der Waals surface area contributed by atoms with E-state index < -0.39 is 0 Å². The van der Waals surface area contributed by atoms with Crippen molar-refractivity contribution in [1.82, 2.24) is 9.80 Å². The molecule has 1 aromatic carbocycles. The van der Waals surface area contributed by atoms with Crippen molar-refractivity contribution < 1.29 is 23.7 Å². The number of ether oxygens (including phenoxy) is 4. The van der Waals surface area contributed by atoms with E-state index in [0.717, 1.165) is 76.5 Å². The summed E-state index contributed by atoms with van der Waals surface area (Å²) in [6.45, 7) is 6.45. The molecule has 0 aromatic heterocycles. The summed E-state index contributed by atoms with van der Waals surface area (Å²) in [5, 5.41) is 0. The second kappa shape index (κ2) is 10.2. The van der Waals surface area contributed by atoms with Crippen LogP contribution in [0.3, 0.4) is 0 Å². The van der Waals surface area contributed by atoms with Gasteiger partial charge in [-0.05, 0) is 49.3 Å². The Kier molecular flexibility index (Phi) is 7.35.